The highest BCUT2D eigenvalue weighted by Gasteiger charge is 2.37. The van der Waals surface area contributed by atoms with E-state index in [1.165, 1.54) is 13.1 Å². The monoisotopic (exact) mass is 432 g/mol. The summed E-state index contributed by atoms with van der Waals surface area (Å²) in [7, 11) is 1.54. The Hall–Kier alpha value is -2.04. The maximum Gasteiger partial charge on any atom is 0.416 e. The van der Waals surface area contributed by atoms with Crippen LogP contribution in [0, 0.1) is 0 Å². The van der Waals surface area contributed by atoms with Gasteiger partial charge in [-0.15, -0.1) is 0 Å². The van der Waals surface area contributed by atoms with Gasteiger partial charge in [-0.25, -0.2) is 9.79 Å². The summed E-state index contributed by atoms with van der Waals surface area (Å²) < 4.78 is 77.3. The zero-order valence-electron chi connectivity index (χ0n) is 12.6. The number of carbonyl (C=O) groups excluding carboxylic acids is 1. The molecular weight excluding hydrogens is 420 g/mol. The summed E-state index contributed by atoms with van der Waals surface area (Å²) in [5, 5.41) is 2.62. The Morgan fingerprint density at radius 2 is 1.84 bits per heavy atom. The maximum absolute atomic E-state index is 12.9. The van der Waals surface area contributed by atoms with Crippen LogP contribution in [0.5, 0.6) is 0 Å². The lowest BCUT2D eigenvalue weighted by Crippen LogP contribution is -2.79. The van der Waals surface area contributed by atoms with Gasteiger partial charge in [0.2, 0.25) is 0 Å². The van der Waals surface area contributed by atoms with Crippen LogP contribution in [-0.2, 0) is 23.6 Å². The van der Waals surface area contributed by atoms with E-state index < -0.39 is 41.4 Å². The van der Waals surface area contributed by atoms with E-state index in [9.17, 15) is 31.1 Å². The second kappa shape index (κ2) is 7.89. The number of rotatable bonds is 4. The molecule has 0 aromatic heterocycles. The number of nitrogens with two attached hydrogens (primary N) is 1. The van der Waals surface area contributed by atoms with Gasteiger partial charge in [-0.3, -0.25) is 5.73 Å². The average Bonchev–Trinajstić information content (AvgIpc) is 2.44. The van der Waals surface area contributed by atoms with E-state index >= 15 is 0 Å². The second-order valence-electron chi connectivity index (χ2n) is 4.79. The fraction of sp³-hybridized carbons (Fsp3) is 0.286. The van der Waals surface area contributed by atoms with Crippen molar-refractivity contribution in [3.63, 3.8) is 0 Å². The number of alkyl halides is 6. The highest BCUT2D eigenvalue weighted by Crippen LogP contribution is 2.36. The minimum absolute atomic E-state index is 0.202. The normalized spacial score (nSPS) is 13.8. The molecule has 0 saturated carbocycles. The van der Waals surface area contributed by atoms with Crippen molar-refractivity contribution in [3.8, 4) is 0 Å². The van der Waals surface area contributed by atoms with Gasteiger partial charge in [-0.2, -0.15) is 26.3 Å². The zero-order valence-corrected chi connectivity index (χ0v) is 14.2. The quantitative estimate of drug-likeness (QED) is 0.293. The average molecular weight is 433 g/mol. The predicted octanol–water partition coefficient (Wildman–Crippen LogP) is 1.69. The van der Waals surface area contributed by atoms with E-state index in [0.29, 0.717) is 22.8 Å². The molecule has 25 heavy (non-hydrogen) atoms. The number of amides is 1. The van der Waals surface area contributed by atoms with Gasteiger partial charge in [0.05, 0.1) is 28.2 Å². The van der Waals surface area contributed by atoms with E-state index in [1.807, 2.05) is 0 Å². The minimum atomic E-state index is -4.90. The largest absolute Gasteiger partial charge is 0.416 e. The molecule has 0 atom stereocenters. The molecule has 0 saturated heterocycles. The van der Waals surface area contributed by atoms with Crippen molar-refractivity contribution in [2.75, 3.05) is 7.05 Å². The summed E-state index contributed by atoms with van der Waals surface area (Å²) in [6, 6.07) is 0.922. The smallest absolute Gasteiger partial charge is 0.382 e. The van der Waals surface area contributed by atoms with E-state index in [2.05, 4.69) is 26.2 Å². The molecule has 0 aliphatic carbocycles. The lowest BCUT2D eigenvalue weighted by Gasteiger charge is -2.14. The van der Waals surface area contributed by atoms with Gasteiger partial charge in [0.25, 0.3) is 5.84 Å². The van der Waals surface area contributed by atoms with E-state index in [-0.39, 0.29) is 5.84 Å². The number of halogens is 7. The van der Waals surface area contributed by atoms with Gasteiger partial charge in [0, 0.05) is 7.05 Å². The molecule has 0 aliphatic heterocycles. The molecule has 1 rings (SSSR count). The third-order valence-electron chi connectivity index (χ3n) is 2.89. The number of nitrogens with one attached hydrogen (secondary N) is 2. The first-order valence-corrected chi connectivity index (χ1v) is 7.38. The molecule has 1 aromatic rings. The van der Waals surface area contributed by atoms with Gasteiger partial charge in [-0.1, -0.05) is 0 Å². The van der Waals surface area contributed by atoms with Gasteiger partial charge in [0.1, 0.15) is 0 Å². The standard InChI is InChI=1S/C14H12BrF6N3O/c1-23-10(15)6-11(22)24-12(25)5-7-4-8(13(16,17)18)2-3-9(7)14(19,20)21/h2-4,6,23H,5H2,1H3,(H2,22,24,25)/p+1/b10-6-. The van der Waals surface area contributed by atoms with E-state index in [0.717, 1.165) is 0 Å². The Kier molecular flexibility index (Phi) is 6.63. The third-order valence-corrected chi connectivity index (χ3v) is 3.52. The van der Waals surface area contributed by atoms with Crippen molar-refractivity contribution < 1.29 is 36.1 Å². The van der Waals surface area contributed by atoms with Crippen molar-refractivity contribution in [2.24, 2.45) is 5.73 Å². The zero-order chi connectivity index (χ0) is 19.4. The lowest BCUT2D eigenvalue weighted by molar-refractivity contribution is -0.377. The van der Waals surface area contributed by atoms with Crippen LogP contribution < -0.4 is 16.0 Å². The first-order chi connectivity index (χ1) is 11.3. The first kappa shape index (κ1) is 21.0. The lowest BCUT2D eigenvalue weighted by atomic mass is 10.00. The number of benzene rings is 1. The number of carbonyl (C=O) groups is 1. The fourth-order valence-electron chi connectivity index (χ4n) is 1.82. The van der Waals surface area contributed by atoms with Crippen molar-refractivity contribution in [1.29, 1.82) is 0 Å². The highest BCUT2D eigenvalue weighted by atomic mass is 79.9. The number of amidine groups is 1. The summed E-state index contributed by atoms with van der Waals surface area (Å²) in [6.45, 7) is 0. The van der Waals surface area contributed by atoms with Crippen LogP contribution in [0.4, 0.5) is 26.3 Å². The second-order valence-corrected chi connectivity index (χ2v) is 5.64. The fourth-order valence-corrected chi connectivity index (χ4v) is 2.06. The maximum atomic E-state index is 12.9. The summed E-state index contributed by atoms with van der Waals surface area (Å²) in [5.41, 5.74) is 2.06. The van der Waals surface area contributed by atoms with Crippen LogP contribution in [0.25, 0.3) is 0 Å². The summed E-state index contributed by atoms with van der Waals surface area (Å²) in [5.74, 6) is -1.19. The first-order valence-electron chi connectivity index (χ1n) is 6.59. The molecule has 0 aliphatic rings. The summed E-state index contributed by atoms with van der Waals surface area (Å²) >= 11 is 3.03. The van der Waals surface area contributed by atoms with Crippen LogP contribution in [0.1, 0.15) is 16.7 Å². The van der Waals surface area contributed by atoms with E-state index in [1.54, 1.807) is 0 Å². The van der Waals surface area contributed by atoms with Crippen LogP contribution in [0.15, 0.2) is 28.9 Å². The van der Waals surface area contributed by atoms with Crippen molar-refractivity contribution >= 4 is 27.7 Å². The Morgan fingerprint density at radius 1 is 1.24 bits per heavy atom. The topological polar surface area (TPSA) is 69.1 Å². The summed E-state index contributed by atoms with van der Waals surface area (Å²) in [6.07, 6.45) is -9.43. The van der Waals surface area contributed by atoms with Crippen LogP contribution in [0.2, 0.25) is 0 Å². The molecule has 0 unspecified atom stereocenters. The van der Waals surface area contributed by atoms with Crippen molar-refractivity contribution in [2.45, 2.75) is 18.8 Å². The van der Waals surface area contributed by atoms with Crippen LogP contribution >= 0.6 is 15.9 Å². The molecule has 11 heteroatoms. The molecule has 0 radical (unpaired) electrons. The van der Waals surface area contributed by atoms with Gasteiger partial charge in [0.15, 0.2) is 0 Å². The van der Waals surface area contributed by atoms with Gasteiger partial charge in [-0.05, 0) is 39.7 Å². The number of hydrogen-bond acceptors (Lipinski definition) is 2. The van der Waals surface area contributed by atoms with Gasteiger partial charge < -0.3 is 5.32 Å². The highest BCUT2D eigenvalue weighted by molar-refractivity contribution is 9.11. The Labute approximate surface area is 146 Å². The van der Waals surface area contributed by atoms with Crippen LogP contribution in [-0.4, -0.2) is 18.8 Å². The molecule has 0 heterocycles. The van der Waals surface area contributed by atoms with Gasteiger partial charge >= 0.3 is 18.3 Å². The number of hydrogen-bond donors (Lipinski definition) is 3. The van der Waals surface area contributed by atoms with Crippen molar-refractivity contribution in [3.05, 3.63) is 45.6 Å². The molecule has 4 N–H and O–H groups in total. The molecular formula is C14H13BrF6N3O+. The summed E-state index contributed by atoms with van der Waals surface area (Å²) in [4.78, 5) is 13.9. The van der Waals surface area contributed by atoms with Crippen molar-refractivity contribution in [1.82, 2.24) is 5.32 Å². The third kappa shape index (κ3) is 6.40. The van der Waals surface area contributed by atoms with E-state index in [4.69, 9.17) is 5.73 Å². The molecule has 138 valence electrons. The Bertz CT molecular complexity index is 709. The SMILES string of the molecule is CN/C(Br)=C\C(N)=[NH+]C(=O)Cc1cc(C(F)(F)F)ccc1C(F)(F)F. The Morgan fingerprint density at radius 3 is 2.32 bits per heavy atom. The van der Waals surface area contributed by atoms with Crippen LogP contribution in [0.3, 0.4) is 0 Å². The molecule has 1 aromatic carbocycles. The molecule has 1 amide bonds. The molecule has 4 nitrogen and oxygen atoms in total. The Balaban J connectivity index is 3.22. The predicted molar refractivity (Wildman–Crippen MR) is 81.4 cm³/mol. The molecule has 0 spiro atoms. The molecule has 0 fully saturated rings. The molecule has 0 bridgehead atoms. The minimum Gasteiger partial charge on any atom is -0.382 e.